The van der Waals surface area contributed by atoms with Gasteiger partial charge in [-0.3, -0.25) is 9.59 Å². The third-order valence-electron chi connectivity index (χ3n) is 2.81. The van der Waals surface area contributed by atoms with Gasteiger partial charge in [0, 0.05) is 5.92 Å². The summed E-state index contributed by atoms with van der Waals surface area (Å²) < 4.78 is 5.23. The molecule has 1 unspecified atom stereocenters. The van der Waals surface area contributed by atoms with Crippen LogP contribution in [-0.4, -0.2) is 17.6 Å². The first-order chi connectivity index (χ1) is 8.93. The summed E-state index contributed by atoms with van der Waals surface area (Å²) in [5, 5.41) is 0. The number of halogens is 1. The van der Waals surface area contributed by atoms with Crippen molar-refractivity contribution in [1.29, 1.82) is 0 Å². The second-order valence-electron chi connectivity index (χ2n) is 4.93. The monoisotopic (exact) mass is 282 g/mol. The van der Waals surface area contributed by atoms with Crippen LogP contribution in [0.5, 0.6) is 5.75 Å². The van der Waals surface area contributed by atoms with Crippen molar-refractivity contribution in [1.82, 2.24) is 0 Å². The molecule has 104 valence electrons. The number of hydrogen-bond donors (Lipinski definition) is 0. The van der Waals surface area contributed by atoms with Crippen molar-refractivity contribution in [2.75, 3.05) is 5.88 Å². The van der Waals surface area contributed by atoms with E-state index >= 15 is 0 Å². The fourth-order valence-corrected chi connectivity index (χ4v) is 1.83. The average Bonchev–Trinajstić information content (AvgIpc) is 2.37. The predicted octanol–water partition coefficient (Wildman–Crippen LogP) is 3.23. The number of ketones is 1. The Labute approximate surface area is 118 Å². The molecule has 0 fully saturated rings. The Morgan fingerprint density at radius 3 is 2.53 bits per heavy atom. The van der Waals surface area contributed by atoms with Crippen LogP contribution in [0, 0.1) is 11.8 Å². The molecule has 3 nitrogen and oxygen atoms in total. The predicted molar refractivity (Wildman–Crippen MR) is 75.5 cm³/mol. The molecule has 1 aromatic carbocycles. The Kier molecular flexibility index (Phi) is 6.03. The van der Waals surface area contributed by atoms with E-state index in [1.54, 1.807) is 26.0 Å². The standard InChI is InChI=1S/C15H19ClO3/c1-10(2)15(18)19-13-6-4-5-12(8-13)7-11(3)14(17)9-16/h4-6,8,10-11H,7,9H2,1-3H3. The van der Waals surface area contributed by atoms with Gasteiger partial charge < -0.3 is 4.74 Å². The van der Waals surface area contributed by atoms with Crippen molar-refractivity contribution in [3.05, 3.63) is 29.8 Å². The van der Waals surface area contributed by atoms with Gasteiger partial charge in [0.15, 0.2) is 5.78 Å². The molecule has 0 aliphatic carbocycles. The fourth-order valence-electron chi connectivity index (χ4n) is 1.57. The first-order valence-electron chi connectivity index (χ1n) is 6.33. The van der Waals surface area contributed by atoms with Crippen LogP contribution < -0.4 is 4.74 Å². The van der Waals surface area contributed by atoms with Crippen LogP contribution in [0.25, 0.3) is 0 Å². The zero-order chi connectivity index (χ0) is 14.4. The van der Waals surface area contributed by atoms with Crippen LogP contribution in [0.1, 0.15) is 26.3 Å². The number of Topliss-reactive ketones (excluding diaryl/α,β-unsaturated/α-hetero) is 1. The third-order valence-corrected chi connectivity index (χ3v) is 3.07. The van der Waals surface area contributed by atoms with Crippen molar-refractivity contribution in [3.8, 4) is 5.75 Å². The topological polar surface area (TPSA) is 43.4 Å². The highest BCUT2D eigenvalue weighted by Gasteiger charge is 2.14. The second-order valence-corrected chi connectivity index (χ2v) is 5.20. The smallest absolute Gasteiger partial charge is 0.313 e. The molecule has 0 bridgehead atoms. The Morgan fingerprint density at radius 1 is 1.26 bits per heavy atom. The molecule has 0 aromatic heterocycles. The van der Waals surface area contributed by atoms with E-state index in [9.17, 15) is 9.59 Å². The quantitative estimate of drug-likeness (QED) is 0.457. The molecule has 0 N–H and O–H groups in total. The lowest BCUT2D eigenvalue weighted by Gasteiger charge is -2.11. The Balaban J connectivity index is 2.72. The average molecular weight is 283 g/mol. The second kappa shape index (κ2) is 7.29. The first kappa shape index (κ1) is 15.7. The Morgan fingerprint density at radius 2 is 1.95 bits per heavy atom. The normalized spacial score (nSPS) is 12.3. The van der Waals surface area contributed by atoms with Crippen LogP contribution in [0.15, 0.2) is 24.3 Å². The van der Waals surface area contributed by atoms with Gasteiger partial charge in [-0.15, -0.1) is 11.6 Å². The number of carbonyl (C=O) groups excluding carboxylic acids is 2. The lowest BCUT2D eigenvalue weighted by atomic mass is 9.98. The SMILES string of the molecule is CC(C)C(=O)Oc1cccc(CC(C)C(=O)CCl)c1. The molecule has 0 radical (unpaired) electrons. The van der Waals surface area contributed by atoms with Crippen molar-refractivity contribution in [3.63, 3.8) is 0 Å². The lowest BCUT2D eigenvalue weighted by Crippen LogP contribution is -2.16. The van der Waals surface area contributed by atoms with E-state index in [1.165, 1.54) is 0 Å². The zero-order valence-corrected chi connectivity index (χ0v) is 12.2. The Bertz CT molecular complexity index is 454. The van der Waals surface area contributed by atoms with E-state index in [0.717, 1.165) is 5.56 Å². The molecular formula is C15H19ClO3. The molecule has 0 aliphatic heterocycles. The summed E-state index contributed by atoms with van der Waals surface area (Å²) in [6.07, 6.45) is 0.596. The van der Waals surface area contributed by atoms with E-state index in [4.69, 9.17) is 16.3 Å². The lowest BCUT2D eigenvalue weighted by molar-refractivity contribution is -0.137. The van der Waals surface area contributed by atoms with Gasteiger partial charge in [-0.05, 0) is 24.1 Å². The molecule has 0 aliphatic rings. The van der Waals surface area contributed by atoms with Gasteiger partial charge in [-0.25, -0.2) is 0 Å². The highest BCUT2D eigenvalue weighted by Crippen LogP contribution is 2.18. The van der Waals surface area contributed by atoms with Gasteiger partial charge in [-0.1, -0.05) is 32.9 Å². The van der Waals surface area contributed by atoms with Crippen LogP contribution in [-0.2, 0) is 16.0 Å². The van der Waals surface area contributed by atoms with Crippen molar-refractivity contribution < 1.29 is 14.3 Å². The molecule has 1 aromatic rings. The molecule has 19 heavy (non-hydrogen) atoms. The van der Waals surface area contributed by atoms with Crippen molar-refractivity contribution in [2.45, 2.75) is 27.2 Å². The molecule has 0 amide bonds. The maximum absolute atomic E-state index is 11.5. The molecule has 0 spiro atoms. The minimum absolute atomic E-state index is 0.0197. The van der Waals surface area contributed by atoms with Crippen molar-refractivity contribution in [2.24, 2.45) is 11.8 Å². The van der Waals surface area contributed by atoms with Gasteiger partial charge >= 0.3 is 5.97 Å². The molecule has 4 heteroatoms. The van der Waals surface area contributed by atoms with Crippen LogP contribution >= 0.6 is 11.6 Å². The van der Waals surface area contributed by atoms with Gasteiger partial charge in [0.25, 0.3) is 0 Å². The molecule has 0 saturated carbocycles. The molecular weight excluding hydrogens is 264 g/mol. The summed E-state index contributed by atoms with van der Waals surface area (Å²) in [5.41, 5.74) is 0.958. The molecule has 1 rings (SSSR count). The van der Waals surface area contributed by atoms with Crippen LogP contribution in [0.2, 0.25) is 0 Å². The summed E-state index contributed by atoms with van der Waals surface area (Å²) in [5.74, 6) is 0.00683. The van der Waals surface area contributed by atoms with E-state index in [1.807, 2.05) is 19.1 Å². The summed E-state index contributed by atoms with van der Waals surface area (Å²) >= 11 is 5.53. The van der Waals surface area contributed by atoms with E-state index in [0.29, 0.717) is 12.2 Å². The van der Waals surface area contributed by atoms with E-state index < -0.39 is 0 Å². The van der Waals surface area contributed by atoms with Gasteiger partial charge in [0.2, 0.25) is 0 Å². The summed E-state index contributed by atoms with van der Waals surface area (Å²) in [4.78, 5) is 23.0. The first-order valence-corrected chi connectivity index (χ1v) is 6.86. The number of ether oxygens (including phenoxy) is 1. The molecule has 1 atom stereocenters. The minimum Gasteiger partial charge on any atom is -0.426 e. The van der Waals surface area contributed by atoms with Crippen LogP contribution in [0.4, 0.5) is 0 Å². The summed E-state index contributed by atoms with van der Waals surface area (Å²) in [6.45, 7) is 5.41. The van der Waals surface area contributed by atoms with Crippen LogP contribution in [0.3, 0.4) is 0 Å². The Hall–Kier alpha value is -1.35. The van der Waals surface area contributed by atoms with Gasteiger partial charge in [0.05, 0.1) is 11.8 Å². The summed E-state index contributed by atoms with van der Waals surface area (Å²) in [6, 6.07) is 7.25. The maximum Gasteiger partial charge on any atom is 0.313 e. The number of rotatable bonds is 6. The number of benzene rings is 1. The number of esters is 1. The number of hydrogen-bond acceptors (Lipinski definition) is 3. The summed E-state index contributed by atoms with van der Waals surface area (Å²) in [7, 11) is 0. The number of carbonyl (C=O) groups is 2. The third kappa shape index (κ3) is 5.03. The van der Waals surface area contributed by atoms with E-state index in [-0.39, 0.29) is 29.5 Å². The highest BCUT2D eigenvalue weighted by atomic mass is 35.5. The molecule has 0 saturated heterocycles. The van der Waals surface area contributed by atoms with Gasteiger partial charge in [0.1, 0.15) is 5.75 Å². The largest absolute Gasteiger partial charge is 0.426 e. The van der Waals surface area contributed by atoms with Gasteiger partial charge in [-0.2, -0.15) is 0 Å². The minimum atomic E-state index is -0.262. The number of alkyl halides is 1. The maximum atomic E-state index is 11.5. The molecule has 0 heterocycles. The fraction of sp³-hybridized carbons (Fsp3) is 0.467. The van der Waals surface area contributed by atoms with Crippen molar-refractivity contribution >= 4 is 23.4 Å². The highest BCUT2D eigenvalue weighted by molar-refractivity contribution is 6.27. The van der Waals surface area contributed by atoms with E-state index in [2.05, 4.69) is 0 Å². The zero-order valence-electron chi connectivity index (χ0n) is 11.5.